The molecule has 1 aromatic heterocycles. The van der Waals surface area contributed by atoms with Crippen molar-refractivity contribution in [2.24, 2.45) is 11.3 Å². The van der Waals surface area contributed by atoms with Gasteiger partial charge in [-0.3, -0.25) is 0 Å². The number of ether oxygens (including phenoxy) is 1. The van der Waals surface area contributed by atoms with Crippen LogP contribution in [0.5, 0.6) is 5.88 Å². The van der Waals surface area contributed by atoms with Gasteiger partial charge in [0.1, 0.15) is 11.9 Å². The van der Waals surface area contributed by atoms with E-state index < -0.39 is 0 Å². The third-order valence-corrected chi connectivity index (χ3v) is 7.94. The predicted octanol–water partition coefficient (Wildman–Crippen LogP) is 6.14. The van der Waals surface area contributed by atoms with Crippen molar-refractivity contribution in [2.75, 3.05) is 19.6 Å². The highest BCUT2D eigenvalue weighted by Crippen LogP contribution is 2.50. The molecule has 0 N–H and O–H groups in total. The normalized spacial score (nSPS) is 22.4. The molecule has 2 heterocycles. The fraction of sp³-hybridized carbons (Fsp3) is 0.600. The summed E-state index contributed by atoms with van der Waals surface area (Å²) in [5, 5.41) is 8.85. The molecule has 4 nitrogen and oxygen atoms in total. The topological polar surface area (TPSA) is 38.2 Å². The summed E-state index contributed by atoms with van der Waals surface area (Å²) in [4.78, 5) is 2.71. The first kappa shape index (κ1) is 21.1. The minimum absolute atomic E-state index is 0.225. The van der Waals surface area contributed by atoms with E-state index in [1.54, 1.807) is 12.1 Å². The molecule has 0 atom stereocenters. The molecule has 0 bridgehead atoms. The number of benzene rings is 1. The van der Waals surface area contributed by atoms with Crippen LogP contribution in [0.1, 0.15) is 57.8 Å². The highest BCUT2D eigenvalue weighted by atomic mass is 35.5. The number of halogens is 2. The molecule has 2 aromatic rings. The van der Waals surface area contributed by atoms with Crippen molar-refractivity contribution in [3.8, 4) is 17.1 Å². The molecule has 1 spiro atoms. The Hall–Kier alpha value is -1.72. The van der Waals surface area contributed by atoms with E-state index in [4.69, 9.17) is 16.3 Å². The lowest BCUT2D eigenvalue weighted by atomic mass is 9.61. The van der Waals surface area contributed by atoms with Gasteiger partial charge < -0.3 is 9.64 Å². The molecular weight excluding hydrogens is 413 g/mol. The van der Waals surface area contributed by atoms with Crippen molar-refractivity contribution in [2.45, 2.75) is 63.9 Å². The molecule has 6 heteroatoms. The van der Waals surface area contributed by atoms with Gasteiger partial charge in [-0.05, 0) is 87.2 Å². The SMILES string of the molecule is Fc1ccc(Cl)c(-c2ccc(OC3CC4(CCN(CC5CCCCC5)CC4)C3)nn2)c1. The number of aromatic nitrogens is 2. The van der Waals surface area contributed by atoms with Crippen LogP contribution in [-0.4, -0.2) is 40.8 Å². The molecule has 0 radical (unpaired) electrons. The third kappa shape index (κ3) is 4.88. The monoisotopic (exact) mass is 443 g/mol. The van der Waals surface area contributed by atoms with E-state index in [-0.39, 0.29) is 11.9 Å². The van der Waals surface area contributed by atoms with Crippen LogP contribution in [0.4, 0.5) is 4.39 Å². The van der Waals surface area contributed by atoms with Gasteiger partial charge >= 0.3 is 0 Å². The van der Waals surface area contributed by atoms with Gasteiger partial charge in [0.2, 0.25) is 5.88 Å². The highest BCUT2D eigenvalue weighted by molar-refractivity contribution is 6.33. The summed E-state index contributed by atoms with van der Waals surface area (Å²) in [7, 11) is 0. The Labute approximate surface area is 189 Å². The van der Waals surface area contributed by atoms with E-state index in [9.17, 15) is 4.39 Å². The van der Waals surface area contributed by atoms with Crippen molar-refractivity contribution in [3.63, 3.8) is 0 Å². The van der Waals surface area contributed by atoms with Crippen molar-refractivity contribution < 1.29 is 9.13 Å². The van der Waals surface area contributed by atoms with Crippen molar-refractivity contribution >= 4 is 11.6 Å². The van der Waals surface area contributed by atoms with Crippen molar-refractivity contribution in [1.29, 1.82) is 0 Å². The fourth-order valence-electron chi connectivity index (χ4n) is 5.73. The summed E-state index contributed by atoms with van der Waals surface area (Å²) in [5.74, 6) is 1.13. The Kier molecular flexibility index (Phi) is 6.16. The minimum atomic E-state index is -0.342. The van der Waals surface area contributed by atoms with Crippen molar-refractivity contribution in [3.05, 3.63) is 41.2 Å². The van der Waals surface area contributed by atoms with Crippen molar-refractivity contribution in [1.82, 2.24) is 15.1 Å². The van der Waals surface area contributed by atoms with Gasteiger partial charge in [0.15, 0.2) is 0 Å². The van der Waals surface area contributed by atoms with Gasteiger partial charge in [-0.1, -0.05) is 30.9 Å². The van der Waals surface area contributed by atoms with E-state index in [2.05, 4.69) is 15.1 Å². The van der Waals surface area contributed by atoms with E-state index in [1.807, 2.05) is 0 Å². The second kappa shape index (κ2) is 9.03. The van der Waals surface area contributed by atoms with Crippen LogP contribution in [0, 0.1) is 17.2 Å². The van der Waals surface area contributed by atoms with Crippen LogP contribution in [-0.2, 0) is 0 Å². The molecule has 5 rings (SSSR count). The molecule has 2 aliphatic carbocycles. The van der Waals surface area contributed by atoms with E-state index in [1.165, 1.54) is 82.8 Å². The molecule has 3 fully saturated rings. The van der Waals surface area contributed by atoms with Crippen LogP contribution in [0.15, 0.2) is 30.3 Å². The molecule has 1 aromatic carbocycles. The third-order valence-electron chi connectivity index (χ3n) is 7.61. The van der Waals surface area contributed by atoms with Crippen LogP contribution in [0.2, 0.25) is 5.02 Å². The summed E-state index contributed by atoms with van der Waals surface area (Å²) < 4.78 is 19.6. The molecule has 0 unspecified atom stereocenters. The summed E-state index contributed by atoms with van der Waals surface area (Å²) >= 11 is 6.16. The highest BCUT2D eigenvalue weighted by Gasteiger charge is 2.47. The zero-order valence-corrected chi connectivity index (χ0v) is 18.8. The van der Waals surface area contributed by atoms with Gasteiger partial charge in [-0.15, -0.1) is 10.2 Å². The molecule has 1 aliphatic heterocycles. The minimum Gasteiger partial charge on any atom is -0.473 e. The maximum absolute atomic E-state index is 13.5. The molecule has 2 saturated carbocycles. The Morgan fingerprint density at radius 1 is 1.03 bits per heavy atom. The predicted molar refractivity (Wildman–Crippen MR) is 121 cm³/mol. The molecule has 1 saturated heterocycles. The van der Waals surface area contributed by atoms with Gasteiger partial charge in [-0.2, -0.15) is 0 Å². The first-order valence-electron chi connectivity index (χ1n) is 11.8. The van der Waals surface area contributed by atoms with E-state index >= 15 is 0 Å². The number of piperidine rings is 1. The summed E-state index contributed by atoms with van der Waals surface area (Å²) in [6.45, 7) is 3.80. The maximum Gasteiger partial charge on any atom is 0.233 e. The summed E-state index contributed by atoms with van der Waals surface area (Å²) in [5.41, 5.74) is 1.56. The van der Waals surface area contributed by atoms with Crippen LogP contribution < -0.4 is 4.74 Å². The zero-order valence-electron chi connectivity index (χ0n) is 18.0. The first-order chi connectivity index (χ1) is 15.1. The van der Waals surface area contributed by atoms with Gasteiger partial charge in [0.25, 0.3) is 0 Å². The molecule has 3 aliphatic rings. The molecule has 166 valence electrons. The number of hydrogen-bond donors (Lipinski definition) is 0. The maximum atomic E-state index is 13.5. The second-order valence-corrected chi connectivity index (χ2v) is 10.2. The van der Waals surface area contributed by atoms with Crippen LogP contribution in [0.3, 0.4) is 0 Å². The Morgan fingerprint density at radius 3 is 2.52 bits per heavy atom. The number of hydrogen-bond acceptors (Lipinski definition) is 4. The van der Waals surface area contributed by atoms with Crippen LogP contribution >= 0.6 is 11.6 Å². The van der Waals surface area contributed by atoms with Gasteiger partial charge in [0, 0.05) is 18.2 Å². The quantitative estimate of drug-likeness (QED) is 0.556. The average Bonchev–Trinajstić information content (AvgIpc) is 2.77. The average molecular weight is 444 g/mol. The lowest BCUT2D eigenvalue weighted by Gasteiger charge is -2.52. The largest absolute Gasteiger partial charge is 0.473 e. The lowest BCUT2D eigenvalue weighted by Crippen LogP contribution is -2.51. The summed E-state index contributed by atoms with van der Waals surface area (Å²) in [6.07, 6.45) is 12.2. The Morgan fingerprint density at radius 2 is 1.81 bits per heavy atom. The molecule has 31 heavy (non-hydrogen) atoms. The van der Waals surface area contributed by atoms with Gasteiger partial charge in [-0.25, -0.2) is 4.39 Å². The second-order valence-electron chi connectivity index (χ2n) is 9.83. The standard InChI is InChI=1S/C25H31ClFN3O/c26-22-7-6-19(27)14-21(22)23-8-9-24(29-28-23)31-20-15-25(16-20)10-12-30(13-11-25)17-18-4-2-1-3-5-18/h6-9,14,18,20H,1-5,10-13,15-17H2. The number of likely N-dealkylation sites (tertiary alicyclic amines) is 1. The zero-order chi connectivity index (χ0) is 21.3. The fourth-order valence-corrected chi connectivity index (χ4v) is 5.95. The number of nitrogens with zero attached hydrogens (tertiary/aromatic N) is 3. The van der Waals surface area contributed by atoms with Gasteiger partial charge in [0.05, 0.1) is 10.7 Å². The Bertz CT molecular complexity index is 884. The summed E-state index contributed by atoms with van der Waals surface area (Å²) in [6, 6.07) is 7.85. The number of rotatable bonds is 5. The molecule has 0 amide bonds. The van der Waals surface area contributed by atoms with E-state index in [0.717, 1.165) is 18.8 Å². The first-order valence-corrected chi connectivity index (χ1v) is 12.1. The Balaban J connectivity index is 1.10. The smallest absolute Gasteiger partial charge is 0.233 e. The lowest BCUT2D eigenvalue weighted by molar-refractivity contribution is -0.0593. The van der Waals surface area contributed by atoms with E-state index in [0.29, 0.717) is 27.6 Å². The van der Waals surface area contributed by atoms with Crippen LogP contribution in [0.25, 0.3) is 11.3 Å². The molecular formula is C25H31ClFN3O.